The van der Waals surface area contributed by atoms with Gasteiger partial charge in [0.2, 0.25) is 0 Å². The molecule has 0 spiro atoms. The molecule has 1 aromatic heterocycles. The van der Waals surface area contributed by atoms with Crippen molar-refractivity contribution < 1.29 is 13.2 Å². The summed E-state index contributed by atoms with van der Waals surface area (Å²) in [6.07, 6.45) is 0.782. The van der Waals surface area contributed by atoms with Crippen molar-refractivity contribution in [1.82, 2.24) is 9.78 Å². The van der Waals surface area contributed by atoms with Crippen LogP contribution in [-0.4, -0.2) is 21.0 Å². The predicted octanol–water partition coefficient (Wildman–Crippen LogP) is 3.16. The van der Waals surface area contributed by atoms with Crippen molar-refractivity contribution in [3.05, 3.63) is 17.0 Å². The summed E-state index contributed by atoms with van der Waals surface area (Å²) >= 11 is -0.0257. The van der Waals surface area contributed by atoms with Gasteiger partial charge >= 0.3 is 5.51 Å². The number of thioether (sulfide) groups is 1. The van der Waals surface area contributed by atoms with E-state index in [9.17, 15) is 13.2 Å². The van der Waals surface area contributed by atoms with E-state index >= 15 is 0 Å². The number of nitrogens with zero attached hydrogens (tertiary/aromatic N) is 2. The second-order valence-electron chi connectivity index (χ2n) is 4.12. The number of aryl methyl sites for hydroxylation is 2. The molecule has 0 aromatic carbocycles. The third-order valence-electron chi connectivity index (χ3n) is 2.82. The molecule has 0 bridgehead atoms. The van der Waals surface area contributed by atoms with Gasteiger partial charge in [-0.25, -0.2) is 0 Å². The molecule has 0 fully saturated rings. The number of nitrogens with two attached hydrogens (primary N) is 1. The molecule has 0 aliphatic rings. The number of aromatic nitrogens is 2. The van der Waals surface area contributed by atoms with Gasteiger partial charge < -0.3 is 5.73 Å². The molecule has 18 heavy (non-hydrogen) atoms. The van der Waals surface area contributed by atoms with Crippen LogP contribution in [0.1, 0.15) is 36.3 Å². The van der Waals surface area contributed by atoms with Crippen LogP contribution in [0.25, 0.3) is 0 Å². The highest BCUT2D eigenvalue weighted by Gasteiger charge is 2.27. The molecule has 1 heterocycles. The minimum absolute atomic E-state index is 0.0257. The molecule has 1 unspecified atom stereocenters. The Morgan fingerprint density at radius 1 is 1.39 bits per heavy atom. The number of alkyl halides is 3. The average Bonchev–Trinajstić information content (AvgIpc) is 2.52. The van der Waals surface area contributed by atoms with Crippen LogP contribution in [0.15, 0.2) is 0 Å². The predicted molar refractivity (Wildman–Crippen MR) is 67.4 cm³/mol. The second-order valence-corrected chi connectivity index (χ2v) is 5.28. The highest BCUT2D eigenvalue weighted by Crippen LogP contribution is 2.30. The normalized spacial score (nSPS) is 13.9. The first-order chi connectivity index (χ1) is 8.26. The summed E-state index contributed by atoms with van der Waals surface area (Å²) in [6.45, 7) is 5.90. The van der Waals surface area contributed by atoms with E-state index in [1.54, 1.807) is 4.68 Å². The summed E-state index contributed by atoms with van der Waals surface area (Å²) in [4.78, 5) is 0. The smallest absolute Gasteiger partial charge is 0.324 e. The molecule has 7 heteroatoms. The van der Waals surface area contributed by atoms with Crippen molar-refractivity contribution in [2.75, 3.05) is 5.75 Å². The van der Waals surface area contributed by atoms with Crippen LogP contribution in [0.4, 0.5) is 13.2 Å². The molecule has 0 saturated carbocycles. The van der Waals surface area contributed by atoms with E-state index in [0.29, 0.717) is 0 Å². The lowest BCUT2D eigenvalue weighted by atomic mass is 10.0. The third kappa shape index (κ3) is 3.91. The fourth-order valence-electron chi connectivity index (χ4n) is 1.92. The van der Waals surface area contributed by atoms with E-state index in [1.807, 2.05) is 20.8 Å². The first-order valence-electron chi connectivity index (χ1n) is 5.76. The van der Waals surface area contributed by atoms with Crippen molar-refractivity contribution >= 4 is 11.8 Å². The highest BCUT2D eigenvalue weighted by atomic mass is 32.2. The molecular weight excluding hydrogens is 263 g/mol. The zero-order chi connectivity index (χ0) is 13.9. The minimum atomic E-state index is -4.18. The molecule has 1 atom stereocenters. The largest absolute Gasteiger partial charge is 0.441 e. The SMILES string of the molecule is CCC(N)c1c(C)nn(CCSC(F)(F)F)c1C. The van der Waals surface area contributed by atoms with Gasteiger partial charge in [-0.1, -0.05) is 6.92 Å². The maximum atomic E-state index is 12.0. The van der Waals surface area contributed by atoms with Crippen LogP contribution >= 0.6 is 11.8 Å². The van der Waals surface area contributed by atoms with Crippen LogP contribution < -0.4 is 5.73 Å². The Balaban J connectivity index is 2.74. The molecule has 2 N–H and O–H groups in total. The van der Waals surface area contributed by atoms with Gasteiger partial charge in [-0.05, 0) is 32.0 Å². The number of rotatable bonds is 5. The second kappa shape index (κ2) is 5.97. The fraction of sp³-hybridized carbons (Fsp3) is 0.727. The number of halogens is 3. The number of hydrogen-bond acceptors (Lipinski definition) is 3. The Hall–Kier alpha value is -0.690. The lowest BCUT2D eigenvalue weighted by molar-refractivity contribution is -0.0328. The Bertz CT molecular complexity index is 401. The summed E-state index contributed by atoms with van der Waals surface area (Å²) < 4.78 is 37.7. The molecule has 0 amide bonds. The van der Waals surface area contributed by atoms with E-state index in [4.69, 9.17) is 5.73 Å². The van der Waals surface area contributed by atoms with E-state index in [2.05, 4.69) is 5.10 Å². The maximum Gasteiger partial charge on any atom is 0.441 e. The van der Waals surface area contributed by atoms with Crippen molar-refractivity contribution in [3.63, 3.8) is 0 Å². The van der Waals surface area contributed by atoms with Gasteiger partial charge in [0.1, 0.15) is 0 Å². The van der Waals surface area contributed by atoms with Crippen LogP contribution in [0.2, 0.25) is 0 Å². The van der Waals surface area contributed by atoms with Gasteiger partial charge in [-0.15, -0.1) is 0 Å². The van der Waals surface area contributed by atoms with E-state index < -0.39 is 5.51 Å². The van der Waals surface area contributed by atoms with Gasteiger partial charge in [0.05, 0.1) is 12.2 Å². The first kappa shape index (κ1) is 15.4. The first-order valence-corrected chi connectivity index (χ1v) is 6.75. The van der Waals surface area contributed by atoms with E-state index in [1.165, 1.54) is 0 Å². The summed E-state index contributed by atoms with van der Waals surface area (Å²) in [5.74, 6) is -0.0355. The standard InChI is InChI=1S/C11H18F3N3S/c1-4-9(15)10-7(2)16-17(8(10)3)5-6-18-11(12,13)14/h9H,4-6,15H2,1-3H3. The summed E-state index contributed by atoms with van der Waals surface area (Å²) in [5.41, 5.74) is 4.41. The Morgan fingerprint density at radius 2 is 2.00 bits per heavy atom. The van der Waals surface area contributed by atoms with Crippen molar-refractivity contribution in [1.29, 1.82) is 0 Å². The highest BCUT2D eigenvalue weighted by molar-refractivity contribution is 8.00. The van der Waals surface area contributed by atoms with Gasteiger partial charge in [0, 0.05) is 23.1 Å². The Kier molecular flexibility index (Phi) is 5.10. The van der Waals surface area contributed by atoms with Crippen LogP contribution in [0.3, 0.4) is 0 Å². The summed E-state index contributed by atoms with van der Waals surface area (Å²) in [6, 6.07) is -0.103. The molecule has 0 saturated heterocycles. The zero-order valence-electron chi connectivity index (χ0n) is 10.7. The molecular formula is C11H18F3N3S. The van der Waals surface area contributed by atoms with Gasteiger partial charge in [-0.2, -0.15) is 18.3 Å². The lowest BCUT2D eigenvalue weighted by Gasteiger charge is -2.10. The Morgan fingerprint density at radius 3 is 2.50 bits per heavy atom. The van der Waals surface area contributed by atoms with Gasteiger partial charge in [0.15, 0.2) is 0 Å². The molecule has 1 rings (SSSR count). The lowest BCUT2D eigenvalue weighted by Crippen LogP contribution is -2.12. The fourth-order valence-corrected chi connectivity index (χ4v) is 2.41. The van der Waals surface area contributed by atoms with Crippen molar-refractivity contribution in [2.45, 2.75) is 45.3 Å². The van der Waals surface area contributed by atoms with Gasteiger partial charge in [-0.3, -0.25) is 4.68 Å². The van der Waals surface area contributed by atoms with Crippen LogP contribution in [0, 0.1) is 13.8 Å². The third-order valence-corrected chi connectivity index (χ3v) is 3.53. The zero-order valence-corrected chi connectivity index (χ0v) is 11.5. The topological polar surface area (TPSA) is 43.8 Å². The molecule has 104 valence electrons. The average molecular weight is 281 g/mol. The van der Waals surface area contributed by atoms with Crippen LogP contribution in [-0.2, 0) is 6.54 Å². The molecule has 0 radical (unpaired) electrons. The summed E-state index contributed by atoms with van der Waals surface area (Å²) in [5, 5.41) is 4.25. The summed E-state index contributed by atoms with van der Waals surface area (Å²) in [7, 11) is 0. The van der Waals surface area contributed by atoms with E-state index in [0.717, 1.165) is 23.4 Å². The monoisotopic (exact) mass is 281 g/mol. The number of hydrogen-bond donors (Lipinski definition) is 1. The van der Waals surface area contributed by atoms with Crippen molar-refractivity contribution in [2.24, 2.45) is 5.73 Å². The van der Waals surface area contributed by atoms with Crippen molar-refractivity contribution in [3.8, 4) is 0 Å². The molecule has 0 aliphatic carbocycles. The molecule has 3 nitrogen and oxygen atoms in total. The van der Waals surface area contributed by atoms with Gasteiger partial charge in [0.25, 0.3) is 0 Å². The minimum Gasteiger partial charge on any atom is -0.324 e. The Labute approximate surface area is 109 Å². The molecule has 0 aliphatic heterocycles. The van der Waals surface area contributed by atoms with E-state index in [-0.39, 0.29) is 30.1 Å². The maximum absolute atomic E-state index is 12.0. The van der Waals surface area contributed by atoms with Crippen LogP contribution in [0.5, 0.6) is 0 Å². The molecule has 1 aromatic rings. The quantitative estimate of drug-likeness (QED) is 0.901.